The third-order valence-corrected chi connectivity index (χ3v) is 4.23. The number of ether oxygens (including phenoxy) is 1. The standard InChI is InChI=1S/C20H19ClN2O3/c1-2-14(24)12-26-20(25)16-5-3-4-6-17(16)23-18-9-10-22-19-11-13(21)7-8-15(18)19/h3-11,14,24H,2,12H2,1H3,(H,22,23). The Hall–Kier alpha value is -2.63. The molecule has 2 aromatic carbocycles. The molecule has 0 saturated heterocycles. The zero-order valence-corrected chi connectivity index (χ0v) is 15.0. The number of para-hydroxylation sites is 1. The highest BCUT2D eigenvalue weighted by Gasteiger charge is 2.15. The maximum Gasteiger partial charge on any atom is 0.340 e. The highest BCUT2D eigenvalue weighted by atomic mass is 35.5. The summed E-state index contributed by atoms with van der Waals surface area (Å²) in [7, 11) is 0. The average molecular weight is 371 g/mol. The Bertz CT molecular complexity index is 930. The molecule has 2 N–H and O–H groups in total. The van der Waals surface area contributed by atoms with Crippen LogP contribution in [0.4, 0.5) is 11.4 Å². The van der Waals surface area contributed by atoms with Crippen LogP contribution in [0.5, 0.6) is 0 Å². The van der Waals surface area contributed by atoms with Gasteiger partial charge in [-0.25, -0.2) is 4.79 Å². The second kappa shape index (κ2) is 8.17. The van der Waals surface area contributed by atoms with Gasteiger partial charge in [0.2, 0.25) is 0 Å². The van der Waals surface area contributed by atoms with E-state index >= 15 is 0 Å². The molecular formula is C20H19ClN2O3. The number of hydrogen-bond acceptors (Lipinski definition) is 5. The van der Waals surface area contributed by atoms with Crippen LogP contribution >= 0.6 is 11.6 Å². The number of nitrogens with one attached hydrogen (secondary N) is 1. The van der Waals surface area contributed by atoms with E-state index in [4.69, 9.17) is 16.3 Å². The summed E-state index contributed by atoms with van der Waals surface area (Å²) in [6.07, 6.45) is 1.55. The molecule has 0 aliphatic rings. The van der Waals surface area contributed by atoms with E-state index in [1.807, 2.05) is 25.1 Å². The van der Waals surface area contributed by atoms with Gasteiger partial charge in [0, 0.05) is 22.3 Å². The fourth-order valence-electron chi connectivity index (χ4n) is 2.51. The molecule has 0 radical (unpaired) electrons. The number of aliphatic hydroxyl groups is 1. The molecule has 0 amide bonds. The molecule has 0 bridgehead atoms. The minimum atomic E-state index is -0.659. The Kier molecular flexibility index (Phi) is 5.71. The Morgan fingerprint density at radius 1 is 1.23 bits per heavy atom. The van der Waals surface area contributed by atoms with E-state index in [-0.39, 0.29) is 6.61 Å². The van der Waals surface area contributed by atoms with Crippen molar-refractivity contribution in [1.29, 1.82) is 0 Å². The SMILES string of the molecule is CCC(O)COC(=O)c1ccccc1Nc1ccnc2cc(Cl)ccc12. The van der Waals surface area contributed by atoms with Crippen LogP contribution < -0.4 is 5.32 Å². The molecule has 0 saturated carbocycles. The van der Waals surface area contributed by atoms with Crippen molar-refractivity contribution in [3.8, 4) is 0 Å². The van der Waals surface area contributed by atoms with Gasteiger partial charge in [0.1, 0.15) is 6.61 Å². The number of hydrogen-bond donors (Lipinski definition) is 2. The van der Waals surface area contributed by atoms with Gasteiger partial charge in [-0.2, -0.15) is 0 Å². The maximum absolute atomic E-state index is 12.4. The zero-order chi connectivity index (χ0) is 18.5. The van der Waals surface area contributed by atoms with Crippen molar-refractivity contribution in [3.05, 3.63) is 65.3 Å². The van der Waals surface area contributed by atoms with Crippen LogP contribution in [-0.2, 0) is 4.74 Å². The molecule has 5 nitrogen and oxygen atoms in total. The van der Waals surface area contributed by atoms with E-state index in [0.29, 0.717) is 22.7 Å². The molecule has 1 heterocycles. The molecular weight excluding hydrogens is 352 g/mol. The van der Waals surface area contributed by atoms with Crippen molar-refractivity contribution in [3.63, 3.8) is 0 Å². The van der Waals surface area contributed by atoms with Crippen molar-refractivity contribution < 1.29 is 14.6 Å². The van der Waals surface area contributed by atoms with Gasteiger partial charge >= 0.3 is 5.97 Å². The number of fused-ring (bicyclic) bond motifs is 1. The molecule has 26 heavy (non-hydrogen) atoms. The van der Waals surface area contributed by atoms with Crippen LogP contribution in [0.1, 0.15) is 23.7 Å². The quantitative estimate of drug-likeness (QED) is 0.622. The van der Waals surface area contributed by atoms with Crippen LogP contribution in [0.25, 0.3) is 10.9 Å². The largest absolute Gasteiger partial charge is 0.459 e. The summed E-state index contributed by atoms with van der Waals surface area (Å²) in [6, 6.07) is 14.4. The first-order chi connectivity index (χ1) is 12.6. The average Bonchev–Trinajstić information content (AvgIpc) is 2.66. The summed E-state index contributed by atoms with van der Waals surface area (Å²) in [5, 5.41) is 14.4. The molecule has 0 aliphatic carbocycles. The fraction of sp³-hybridized carbons (Fsp3) is 0.200. The van der Waals surface area contributed by atoms with Crippen molar-refractivity contribution in [2.75, 3.05) is 11.9 Å². The zero-order valence-electron chi connectivity index (χ0n) is 14.3. The summed E-state index contributed by atoms with van der Waals surface area (Å²) < 4.78 is 5.20. The van der Waals surface area contributed by atoms with Crippen molar-refractivity contribution in [2.45, 2.75) is 19.4 Å². The number of aliphatic hydroxyl groups excluding tert-OH is 1. The van der Waals surface area contributed by atoms with Crippen LogP contribution in [0.2, 0.25) is 5.02 Å². The minimum Gasteiger partial charge on any atom is -0.459 e. The Morgan fingerprint density at radius 2 is 2.04 bits per heavy atom. The Morgan fingerprint density at radius 3 is 2.85 bits per heavy atom. The molecule has 0 aliphatic heterocycles. The van der Waals surface area contributed by atoms with E-state index in [1.165, 1.54) is 0 Å². The summed E-state index contributed by atoms with van der Waals surface area (Å²) in [6.45, 7) is 1.80. The van der Waals surface area contributed by atoms with Crippen LogP contribution in [0.3, 0.4) is 0 Å². The van der Waals surface area contributed by atoms with Crippen molar-refractivity contribution >= 4 is 39.8 Å². The molecule has 0 spiro atoms. The first kappa shape index (κ1) is 18.2. The summed E-state index contributed by atoms with van der Waals surface area (Å²) >= 11 is 6.03. The number of rotatable bonds is 6. The second-order valence-corrected chi connectivity index (χ2v) is 6.29. The number of halogens is 1. The van der Waals surface area contributed by atoms with Gasteiger partial charge in [-0.3, -0.25) is 4.98 Å². The third kappa shape index (κ3) is 4.12. The number of benzene rings is 2. The normalized spacial score (nSPS) is 12.0. The van der Waals surface area contributed by atoms with Gasteiger partial charge in [-0.1, -0.05) is 30.7 Å². The van der Waals surface area contributed by atoms with Crippen LogP contribution in [0, 0.1) is 0 Å². The highest BCUT2D eigenvalue weighted by Crippen LogP contribution is 2.28. The van der Waals surface area contributed by atoms with E-state index in [2.05, 4.69) is 10.3 Å². The molecule has 6 heteroatoms. The van der Waals surface area contributed by atoms with Gasteiger partial charge in [0.25, 0.3) is 0 Å². The first-order valence-electron chi connectivity index (χ1n) is 8.34. The van der Waals surface area contributed by atoms with Gasteiger partial charge in [-0.05, 0) is 42.8 Å². The molecule has 3 rings (SSSR count). The number of anilines is 2. The lowest BCUT2D eigenvalue weighted by Crippen LogP contribution is -2.18. The number of aromatic nitrogens is 1. The predicted octanol–water partition coefficient (Wildman–Crippen LogP) is 4.56. The number of pyridine rings is 1. The summed E-state index contributed by atoms with van der Waals surface area (Å²) in [5.41, 5.74) is 2.58. The van der Waals surface area contributed by atoms with Gasteiger partial charge in [0.15, 0.2) is 0 Å². The highest BCUT2D eigenvalue weighted by molar-refractivity contribution is 6.31. The predicted molar refractivity (Wildman–Crippen MR) is 103 cm³/mol. The number of esters is 1. The molecule has 1 aromatic heterocycles. The molecule has 1 unspecified atom stereocenters. The summed E-state index contributed by atoms with van der Waals surface area (Å²) in [4.78, 5) is 16.7. The second-order valence-electron chi connectivity index (χ2n) is 5.85. The smallest absolute Gasteiger partial charge is 0.340 e. The third-order valence-electron chi connectivity index (χ3n) is 4.00. The van der Waals surface area contributed by atoms with Crippen LogP contribution in [0.15, 0.2) is 54.7 Å². The topological polar surface area (TPSA) is 71.5 Å². The number of carbonyl (C=O) groups is 1. The van der Waals surface area contributed by atoms with E-state index < -0.39 is 12.1 Å². The van der Waals surface area contributed by atoms with Gasteiger partial charge in [0.05, 0.1) is 22.9 Å². The lowest BCUT2D eigenvalue weighted by molar-refractivity contribution is 0.0251. The van der Waals surface area contributed by atoms with Gasteiger partial charge < -0.3 is 15.2 Å². The maximum atomic E-state index is 12.4. The number of carbonyl (C=O) groups excluding carboxylic acids is 1. The van der Waals surface area contributed by atoms with Gasteiger partial charge in [-0.15, -0.1) is 0 Å². The van der Waals surface area contributed by atoms with Crippen LogP contribution in [-0.4, -0.2) is 28.8 Å². The lowest BCUT2D eigenvalue weighted by atomic mass is 10.1. The Balaban J connectivity index is 1.88. The molecule has 134 valence electrons. The first-order valence-corrected chi connectivity index (χ1v) is 8.71. The molecule has 3 aromatic rings. The molecule has 0 fully saturated rings. The van der Waals surface area contributed by atoms with E-state index in [9.17, 15) is 9.90 Å². The summed E-state index contributed by atoms with van der Waals surface area (Å²) in [5.74, 6) is -0.484. The molecule has 1 atom stereocenters. The lowest BCUT2D eigenvalue weighted by Gasteiger charge is -2.14. The monoisotopic (exact) mass is 370 g/mol. The minimum absolute atomic E-state index is 0.0274. The Labute approximate surface area is 156 Å². The fourth-order valence-corrected chi connectivity index (χ4v) is 2.68. The van der Waals surface area contributed by atoms with Crippen molar-refractivity contribution in [2.24, 2.45) is 0 Å². The van der Waals surface area contributed by atoms with E-state index in [1.54, 1.807) is 36.5 Å². The van der Waals surface area contributed by atoms with E-state index in [0.717, 1.165) is 16.6 Å². The van der Waals surface area contributed by atoms with Crippen molar-refractivity contribution in [1.82, 2.24) is 4.98 Å². The number of nitrogens with zero attached hydrogens (tertiary/aromatic N) is 1.